The van der Waals surface area contributed by atoms with Crippen LogP contribution in [0.5, 0.6) is 11.5 Å². The van der Waals surface area contributed by atoms with Crippen molar-refractivity contribution in [3.05, 3.63) is 33.9 Å². The molecule has 0 fully saturated rings. The number of cyclic esters (lactones) is 1. The van der Waals surface area contributed by atoms with Crippen molar-refractivity contribution in [2.75, 3.05) is 13.7 Å². The lowest BCUT2D eigenvalue weighted by Crippen LogP contribution is -2.30. The molecule has 0 saturated carbocycles. The molecule has 1 aromatic rings. The van der Waals surface area contributed by atoms with Crippen LogP contribution in [-0.2, 0) is 22.6 Å². The van der Waals surface area contributed by atoms with Gasteiger partial charge in [0.05, 0.1) is 13.2 Å². The summed E-state index contributed by atoms with van der Waals surface area (Å²) in [5, 5.41) is 22.4. The number of benzene rings is 1. The summed E-state index contributed by atoms with van der Waals surface area (Å²) in [5.74, 6) is -0.206. The van der Waals surface area contributed by atoms with Crippen molar-refractivity contribution in [3.8, 4) is 11.5 Å². The van der Waals surface area contributed by atoms with Crippen molar-refractivity contribution >= 4 is 11.9 Å². The van der Waals surface area contributed by atoms with E-state index in [0.717, 1.165) is 11.1 Å². The first kappa shape index (κ1) is 20.8. The highest BCUT2D eigenvalue weighted by atomic mass is 16.5. The number of hydrogen-bond acceptors (Lipinski definition) is 6. The predicted octanol–water partition coefficient (Wildman–Crippen LogP) is 2.15. The maximum atomic E-state index is 11.9. The van der Waals surface area contributed by atoms with Crippen LogP contribution in [0.3, 0.4) is 0 Å². The number of methoxy groups -OCH3 is 1. The Kier molecular flexibility index (Phi) is 6.85. The second-order valence-electron chi connectivity index (χ2n) is 6.82. The fourth-order valence-electron chi connectivity index (χ4n) is 3.07. The Labute approximate surface area is 159 Å². The average Bonchev–Trinajstić information content (AvgIpc) is 3.02. The van der Waals surface area contributed by atoms with Crippen LogP contribution in [0.15, 0.2) is 11.6 Å². The maximum absolute atomic E-state index is 11.9. The van der Waals surface area contributed by atoms with Crippen molar-refractivity contribution in [1.82, 2.24) is 5.32 Å². The zero-order valence-corrected chi connectivity index (χ0v) is 16.2. The number of phenolic OH excluding ortho intramolecular Hbond substituents is 1. The van der Waals surface area contributed by atoms with Crippen LogP contribution in [-0.4, -0.2) is 41.8 Å². The quantitative estimate of drug-likeness (QED) is 0.474. The zero-order chi connectivity index (χ0) is 20.1. The molecule has 0 saturated heterocycles. The summed E-state index contributed by atoms with van der Waals surface area (Å²) in [6.07, 6.45) is 2.58. The van der Waals surface area contributed by atoms with Gasteiger partial charge in [0.2, 0.25) is 5.91 Å². The number of rotatable bonds is 8. The molecule has 7 heteroatoms. The molecule has 1 heterocycles. The fourth-order valence-corrected chi connectivity index (χ4v) is 3.07. The summed E-state index contributed by atoms with van der Waals surface area (Å²) in [6.45, 7) is 5.73. The smallest absolute Gasteiger partial charge is 0.342 e. The molecule has 0 spiro atoms. The van der Waals surface area contributed by atoms with Gasteiger partial charge in [-0.1, -0.05) is 11.6 Å². The number of allylic oxidation sites excluding steroid dienone is 2. The molecule has 1 aromatic carbocycles. The van der Waals surface area contributed by atoms with Crippen LogP contribution in [0.25, 0.3) is 0 Å². The van der Waals surface area contributed by atoms with E-state index in [0.29, 0.717) is 36.1 Å². The number of aromatic hydroxyl groups is 1. The normalized spacial score (nSPS) is 14.6. The minimum Gasteiger partial charge on any atom is -0.507 e. The zero-order valence-electron chi connectivity index (χ0n) is 16.2. The SMILES string of the molecule is COc1c(C)c2c(c(O)c1C/C=C(\C)CCC(=O)NC[C@@H](C)O)C(=O)OC2. The molecule has 1 amide bonds. The molecule has 0 unspecified atom stereocenters. The average molecular weight is 377 g/mol. The molecule has 7 nitrogen and oxygen atoms in total. The van der Waals surface area contributed by atoms with Crippen LogP contribution in [0.2, 0.25) is 0 Å². The lowest BCUT2D eigenvalue weighted by Gasteiger charge is -2.15. The Balaban J connectivity index is 2.12. The van der Waals surface area contributed by atoms with Gasteiger partial charge in [0.15, 0.2) is 0 Å². The third kappa shape index (κ3) is 4.80. The van der Waals surface area contributed by atoms with E-state index in [1.807, 2.05) is 19.9 Å². The lowest BCUT2D eigenvalue weighted by molar-refractivity contribution is -0.121. The molecule has 27 heavy (non-hydrogen) atoms. The third-order valence-corrected chi connectivity index (χ3v) is 4.64. The van der Waals surface area contributed by atoms with E-state index < -0.39 is 12.1 Å². The van der Waals surface area contributed by atoms with Gasteiger partial charge < -0.3 is 25.0 Å². The first-order valence-electron chi connectivity index (χ1n) is 8.95. The molecule has 0 aromatic heterocycles. The van der Waals surface area contributed by atoms with E-state index in [1.165, 1.54) is 7.11 Å². The van der Waals surface area contributed by atoms with Gasteiger partial charge in [-0.2, -0.15) is 0 Å². The van der Waals surface area contributed by atoms with Crippen LogP contribution < -0.4 is 10.1 Å². The fraction of sp³-hybridized carbons (Fsp3) is 0.500. The number of carbonyl (C=O) groups is 2. The molecular weight excluding hydrogens is 350 g/mol. The monoisotopic (exact) mass is 377 g/mol. The minimum absolute atomic E-state index is 0.103. The topological polar surface area (TPSA) is 105 Å². The predicted molar refractivity (Wildman–Crippen MR) is 99.9 cm³/mol. The summed E-state index contributed by atoms with van der Waals surface area (Å²) in [4.78, 5) is 23.6. The number of phenols is 1. The number of fused-ring (bicyclic) bond motifs is 1. The van der Waals surface area contributed by atoms with Gasteiger partial charge in [-0.05, 0) is 39.2 Å². The number of amides is 1. The number of hydrogen-bond donors (Lipinski definition) is 3. The molecule has 1 aliphatic heterocycles. The molecule has 0 radical (unpaired) electrons. The standard InChI is InChI=1S/C20H27NO6/c1-11(6-8-16(23)21-9-12(2)22)5-7-14-18(24)17-15(10-27-20(17)25)13(3)19(14)26-4/h5,12,22,24H,6-10H2,1-4H3,(H,21,23)/b11-5+/t12-/m1/s1. The molecule has 148 valence electrons. The summed E-state index contributed by atoms with van der Waals surface area (Å²) in [5.41, 5.74) is 3.17. The number of nitrogens with one attached hydrogen (secondary N) is 1. The van der Waals surface area contributed by atoms with Gasteiger partial charge in [-0.15, -0.1) is 0 Å². The van der Waals surface area contributed by atoms with E-state index in [-0.39, 0.29) is 30.4 Å². The number of esters is 1. The Hall–Kier alpha value is -2.54. The van der Waals surface area contributed by atoms with E-state index in [4.69, 9.17) is 9.47 Å². The summed E-state index contributed by atoms with van der Waals surface area (Å²) >= 11 is 0. The van der Waals surface area contributed by atoms with Gasteiger partial charge >= 0.3 is 5.97 Å². The van der Waals surface area contributed by atoms with Crippen molar-refractivity contribution in [2.24, 2.45) is 0 Å². The second-order valence-corrected chi connectivity index (χ2v) is 6.82. The van der Waals surface area contributed by atoms with Gasteiger partial charge in [-0.3, -0.25) is 4.79 Å². The van der Waals surface area contributed by atoms with Gasteiger partial charge in [-0.25, -0.2) is 4.79 Å². The van der Waals surface area contributed by atoms with Crippen LogP contribution in [0.1, 0.15) is 53.7 Å². The van der Waals surface area contributed by atoms with Crippen molar-refractivity contribution in [3.63, 3.8) is 0 Å². The van der Waals surface area contributed by atoms with Gasteiger partial charge in [0, 0.05) is 24.1 Å². The number of aliphatic hydroxyl groups is 1. The number of carbonyl (C=O) groups excluding carboxylic acids is 2. The Morgan fingerprint density at radius 1 is 1.41 bits per heavy atom. The first-order chi connectivity index (χ1) is 12.8. The Bertz CT molecular complexity index is 766. The van der Waals surface area contributed by atoms with Crippen LogP contribution in [0.4, 0.5) is 0 Å². The molecule has 2 rings (SSSR count). The lowest BCUT2D eigenvalue weighted by atomic mass is 9.94. The minimum atomic E-state index is -0.573. The molecule has 1 aliphatic rings. The maximum Gasteiger partial charge on any atom is 0.342 e. The molecule has 0 aliphatic carbocycles. The molecule has 0 bridgehead atoms. The second kappa shape index (κ2) is 8.90. The summed E-state index contributed by atoms with van der Waals surface area (Å²) in [7, 11) is 1.53. The number of ether oxygens (including phenoxy) is 2. The Morgan fingerprint density at radius 3 is 2.74 bits per heavy atom. The van der Waals surface area contributed by atoms with Gasteiger partial charge in [0.1, 0.15) is 23.7 Å². The van der Waals surface area contributed by atoms with E-state index >= 15 is 0 Å². The first-order valence-corrected chi connectivity index (χ1v) is 8.95. The molecule has 3 N–H and O–H groups in total. The highest BCUT2D eigenvalue weighted by Gasteiger charge is 2.31. The van der Waals surface area contributed by atoms with Crippen LogP contribution in [0, 0.1) is 6.92 Å². The molecular formula is C20H27NO6. The highest BCUT2D eigenvalue weighted by molar-refractivity contribution is 5.98. The highest BCUT2D eigenvalue weighted by Crippen LogP contribution is 2.42. The van der Waals surface area contributed by atoms with Crippen molar-refractivity contribution in [2.45, 2.75) is 52.7 Å². The van der Waals surface area contributed by atoms with E-state index in [1.54, 1.807) is 6.92 Å². The van der Waals surface area contributed by atoms with E-state index in [9.17, 15) is 19.8 Å². The number of aliphatic hydroxyl groups excluding tert-OH is 1. The van der Waals surface area contributed by atoms with Crippen molar-refractivity contribution in [1.29, 1.82) is 0 Å². The van der Waals surface area contributed by atoms with Crippen molar-refractivity contribution < 1.29 is 29.3 Å². The van der Waals surface area contributed by atoms with E-state index in [2.05, 4.69) is 5.32 Å². The Morgan fingerprint density at radius 2 is 2.11 bits per heavy atom. The van der Waals surface area contributed by atoms with Gasteiger partial charge in [0.25, 0.3) is 0 Å². The molecule has 1 atom stereocenters. The summed E-state index contributed by atoms with van der Waals surface area (Å²) < 4.78 is 10.5. The van der Waals surface area contributed by atoms with Crippen LogP contribution >= 0.6 is 0 Å². The summed E-state index contributed by atoms with van der Waals surface area (Å²) in [6, 6.07) is 0. The largest absolute Gasteiger partial charge is 0.507 e. The third-order valence-electron chi connectivity index (χ3n) is 4.64.